The van der Waals surface area contributed by atoms with Crippen LogP contribution in [0.25, 0.3) is 0 Å². The third-order valence-electron chi connectivity index (χ3n) is 4.53. The first-order chi connectivity index (χ1) is 12.8. The van der Waals surface area contributed by atoms with Crippen molar-refractivity contribution in [1.29, 1.82) is 0 Å². The summed E-state index contributed by atoms with van der Waals surface area (Å²) in [6.45, 7) is 3.48. The highest BCUT2D eigenvalue weighted by Gasteiger charge is 2.23. The molecule has 2 aromatic rings. The Kier molecular flexibility index (Phi) is 5.46. The van der Waals surface area contributed by atoms with Crippen molar-refractivity contribution in [1.82, 2.24) is 4.90 Å². The lowest BCUT2D eigenvalue weighted by molar-refractivity contribution is 0.0683. The van der Waals surface area contributed by atoms with Crippen molar-refractivity contribution in [3.05, 3.63) is 59.7 Å². The van der Waals surface area contributed by atoms with E-state index in [9.17, 15) is 22.0 Å². The fraction of sp³-hybridized carbons (Fsp3) is 0.316. The third-order valence-corrected chi connectivity index (χ3v) is 5.92. The van der Waals surface area contributed by atoms with E-state index in [0.29, 0.717) is 24.6 Å². The van der Waals surface area contributed by atoms with Crippen LogP contribution in [0, 0.1) is 17.6 Å². The molecule has 3 rings (SSSR count). The Balaban J connectivity index is 1.75. The normalized spacial score (nSPS) is 17.6. The van der Waals surface area contributed by atoms with E-state index in [1.54, 1.807) is 4.90 Å². The monoisotopic (exact) mass is 394 g/mol. The van der Waals surface area contributed by atoms with Crippen molar-refractivity contribution in [2.75, 3.05) is 17.8 Å². The van der Waals surface area contributed by atoms with Gasteiger partial charge in [-0.25, -0.2) is 17.2 Å². The SMILES string of the molecule is CC1CCCN(C(=O)c2ccc(S(=O)(=O)Nc3ccc(F)c(F)c3)cc2)C1. The highest BCUT2D eigenvalue weighted by molar-refractivity contribution is 7.92. The number of benzene rings is 2. The lowest BCUT2D eigenvalue weighted by Crippen LogP contribution is -2.39. The number of carbonyl (C=O) groups excluding carboxylic acids is 1. The number of rotatable bonds is 4. The van der Waals surface area contributed by atoms with Gasteiger partial charge in [-0.2, -0.15) is 0 Å². The van der Waals surface area contributed by atoms with Crippen LogP contribution < -0.4 is 4.72 Å². The molecule has 1 heterocycles. The van der Waals surface area contributed by atoms with E-state index in [1.807, 2.05) is 0 Å². The predicted molar refractivity (Wildman–Crippen MR) is 97.9 cm³/mol. The van der Waals surface area contributed by atoms with E-state index in [4.69, 9.17) is 0 Å². The Bertz CT molecular complexity index is 946. The van der Waals surface area contributed by atoms with Crippen LogP contribution in [0.1, 0.15) is 30.1 Å². The lowest BCUT2D eigenvalue weighted by atomic mass is 9.99. The standard InChI is InChI=1S/C19H20F2N2O3S/c1-13-3-2-10-23(12-13)19(24)14-4-7-16(8-5-14)27(25,26)22-15-6-9-17(20)18(21)11-15/h4-9,11,13,22H,2-3,10,12H2,1H3. The molecule has 1 aliphatic rings. The average molecular weight is 394 g/mol. The number of amides is 1. The molecule has 0 bridgehead atoms. The molecule has 1 amide bonds. The van der Waals surface area contributed by atoms with Crippen molar-refractivity contribution in [3.63, 3.8) is 0 Å². The van der Waals surface area contributed by atoms with Crippen LogP contribution in [0.15, 0.2) is 47.4 Å². The van der Waals surface area contributed by atoms with Gasteiger partial charge in [-0.05, 0) is 55.2 Å². The van der Waals surface area contributed by atoms with Gasteiger partial charge in [0.2, 0.25) is 0 Å². The number of halogens is 2. The lowest BCUT2D eigenvalue weighted by Gasteiger charge is -2.31. The maximum Gasteiger partial charge on any atom is 0.261 e. The zero-order valence-corrected chi connectivity index (χ0v) is 15.6. The van der Waals surface area contributed by atoms with Gasteiger partial charge in [-0.3, -0.25) is 9.52 Å². The fourth-order valence-corrected chi connectivity index (χ4v) is 4.16. The summed E-state index contributed by atoms with van der Waals surface area (Å²) in [4.78, 5) is 14.3. The summed E-state index contributed by atoms with van der Waals surface area (Å²) in [5.74, 6) is -1.89. The van der Waals surface area contributed by atoms with E-state index < -0.39 is 21.7 Å². The second-order valence-electron chi connectivity index (χ2n) is 6.76. The number of nitrogens with zero attached hydrogens (tertiary/aromatic N) is 1. The topological polar surface area (TPSA) is 66.5 Å². The Labute approximate surface area is 157 Å². The van der Waals surface area contributed by atoms with Gasteiger partial charge in [0, 0.05) is 24.7 Å². The minimum absolute atomic E-state index is 0.0733. The van der Waals surface area contributed by atoms with Crippen LogP contribution in [-0.4, -0.2) is 32.3 Å². The molecule has 8 heteroatoms. The number of likely N-dealkylation sites (tertiary alicyclic amines) is 1. The Hall–Kier alpha value is -2.48. The maximum absolute atomic E-state index is 13.3. The van der Waals surface area contributed by atoms with Crippen LogP contribution in [0.3, 0.4) is 0 Å². The number of anilines is 1. The Morgan fingerprint density at radius 1 is 1.11 bits per heavy atom. The molecule has 1 atom stereocenters. The first-order valence-electron chi connectivity index (χ1n) is 8.63. The zero-order valence-electron chi connectivity index (χ0n) is 14.8. The van der Waals surface area contributed by atoms with Gasteiger partial charge in [0.15, 0.2) is 11.6 Å². The molecule has 1 saturated heterocycles. The first kappa shape index (κ1) is 19.3. The van der Waals surface area contributed by atoms with Crippen molar-refractivity contribution in [3.8, 4) is 0 Å². The van der Waals surface area contributed by atoms with E-state index >= 15 is 0 Å². The molecule has 27 heavy (non-hydrogen) atoms. The maximum atomic E-state index is 13.3. The van der Waals surface area contributed by atoms with Crippen LogP contribution in [0.5, 0.6) is 0 Å². The van der Waals surface area contributed by atoms with Gasteiger partial charge in [-0.1, -0.05) is 6.92 Å². The number of carbonyl (C=O) groups is 1. The number of hydrogen-bond donors (Lipinski definition) is 1. The summed E-state index contributed by atoms with van der Waals surface area (Å²) in [5.41, 5.74) is 0.326. The van der Waals surface area contributed by atoms with Crippen LogP contribution >= 0.6 is 0 Å². The molecular weight excluding hydrogens is 374 g/mol. The fourth-order valence-electron chi connectivity index (χ4n) is 3.11. The second-order valence-corrected chi connectivity index (χ2v) is 8.44. The van der Waals surface area contributed by atoms with Gasteiger partial charge >= 0.3 is 0 Å². The van der Waals surface area contributed by atoms with E-state index in [0.717, 1.165) is 31.0 Å². The summed E-state index contributed by atoms with van der Waals surface area (Å²) in [6.07, 6.45) is 2.05. The molecular formula is C19H20F2N2O3S. The Morgan fingerprint density at radius 3 is 2.44 bits per heavy atom. The molecule has 0 aromatic heterocycles. The van der Waals surface area contributed by atoms with Crippen molar-refractivity contribution in [2.24, 2.45) is 5.92 Å². The van der Waals surface area contributed by atoms with Crippen LogP contribution in [0.2, 0.25) is 0 Å². The molecule has 0 radical (unpaired) electrons. The smallest absolute Gasteiger partial charge is 0.261 e. The van der Waals surface area contributed by atoms with Gasteiger partial charge < -0.3 is 4.90 Å². The van der Waals surface area contributed by atoms with Gasteiger partial charge in [0.1, 0.15) is 0 Å². The number of sulfonamides is 1. The molecule has 1 N–H and O–H groups in total. The van der Waals surface area contributed by atoms with Crippen LogP contribution in [-0.2, 0) is 10.0 Å². The largest absolute Gasteiger partial charge is 0.338 e. The van der Waals surface area contributed by atoms with Gasteiger partial charge in [-0.15, -0.1) is 0 Å². The molecule has 0 aliphatic carbocycles. The molecule has 1 aliphatic heterocycles. The highest BCUT2D eigenvalue weighted by atomic mass is 32.2. The summed E-state index contributed by atoms with van der Waals surface area (Å²) in [7, 11) is -3.98. The number of hydrogen-bond acceptors (Lipinski definition) is 3. The van der Waals surface area contributed by atoms with E-state index in [-0.39, 0.29) is 16.5 Å². The number of nitrogens with one attached hydrogen (secondary N) is 1. The van der Waals surface area contributed by atoms with Crippen molar-refractivity contribution < 1.29 is 22.0 Å². The van der Waals surface area contributed by atoms with E-state index in [2.05, 4.69) is 11.6 Å². The summed E-state index contributed by atoms with van der Waals surface area (Å²) < 4.78 is 53.2. The Morgan fingerprint density at radius 2 is 1.81 bits per heavy atom. The molecule has 0 spiro atoms. The molecule has 144 valence electrons. The second kappa shape index (κ2) is 7.64. The summed E-state index contributed by atoms with van der Waals surface area (Å²) in [6, 6.07) is 8.30. The highest BCUT2D eigenvalue weighted by Crippen LogP contribution is 2.21. The minimum Gasteiger partial charge on any atom is -0.338 e. The molecule has 1 fully saturated rings. The van der Waals surface area contributed by atoms with Crippen molar-refractivity contribution >= 4 is 21.6 Å². The minimum atomic E-state index is -3.98. The molecule has 5 nitrogen and oxygen atoms in total. The van der Waals surface area contributed by atoms with Gasteiger partial charge in [0.25, 0.3) is 15.9 Å². The first-order valence-corrected chi connectivity index (χ1v) is 10.1. The molecule has 0 saturated carbocycles. The average Bonchev–Trinajstić information content (AvgIpc) is 2.64. The zero-order chi connectivity index (χ0) is 19.6. The van der Waals surface area contributed by atoms with Crippen LogP contribution in [0.4, 0.5) is 14.5 Å². The van der Waals surface area contributed by atoms with E-state index in [1.165, 1.54) is 24.3 Å². The molecule has 1 unspecified atom stereocenters. The summed E-state index contributed by atoms with van der Waals surface area (Å²) >= 11 is 0. The van der Waals surface area contributed by atoms with Gasteiger partial charge in [0.05, 0.1) is 10.6 Å². The predicted octanol–water partition coefficient (Wildman–Crippen LogP) is 3.64. The van der Waals surface area contributed by atoms with Crippen molar-refractivity contribution in [2.45, 2.75) is 24.7 Å². The molecule has 2 aromatic carbocycles. The third kappa shape index (κ3) is 4.44. The summed E-state index contributed by atoms with van der Waals surface area (Å²) in [5, 5.41) is 0. The quantitative estimate of drug-likeness (QED) is 0.861. The number of piperidine rings is 1.